The maximum Gasteiger partial charge on any atom is 0.308 e. The van der Waals surface area contributed by atoms with Crippen molar-refractivity contribution >= 4 is 5.97 Å². The average molecular weight is 317 g/mol. The molecule has 1 N–H and O–H groups in total. The van der Waals surface area contributed by atoms with Gasteiger partial charge in [-0.05, 0) is 39.0 Å². The maximum atomic E-state index is 11.3. The summed E-state index contributed by atoms with van der Waals surface area (Å²) >= 11 is 0. The second-order valence-corrected chi connectivity index (χ2v) is 6.65. The van der Waals surface area contributed by atoms with Gasteiger partial charge in [-0.2, -0.15) is 5.26 Å². The molecule has 23 heavy (non-hydrogen) atoms. The summed E-state index contributed by atoms with van der Waals surface area (Å²) < 4.78 is 16.9. The van der Waals surface area contributed by atoms with Gasteiger partial charge in [-0.15, -0.1) is 0 Å². The summed E-state index contributed by atoms with van der Waals surface area (Å²) in [6.07, 6.45) is -0.998. The van der Waals surface area contributed by atoms with Gasteiger partial charge in [0.15, 0.2) is 0 Å². The Kier molecular flexibility index (Phi) is 3.58. The number of aliphatic hydroxyl groups is 1. The third kappa shape index (κ3) is 2.56. The van der Waals surface area contributed by atoms with Gasteiger partial charge >= 0.3 is 5.97 Å². The summed E-state index contributed by atoms with van der Waals surface area (Å²) in [4.78, 5) is 11.3. The fourth-order valence-corrected chi connectivity index (χ4v) is 2.89. The molecule has 0 aromatic heterocycles. The van der Waals surface area contributed by atoms with Gasteiger partial charge in [0, 0.05) is 5.56 Å². The number of rotatable bonds is 2. The molecule has 1 saturated heterocycles. The first-order valence-corrected chi connectivity index (χ1v) is 7.51. The minimum atomic E-state index is -1.35. The number of fused-ring (bicyclic) bond motifs is 1. The van der Waals surface area contributed by atoms with Crippen LogP contribution in [0, 0.1) is 11.3 Å². The summed E-state index contributed by atoms with van der Waals surface area (Å²) in [6, 6.07) is 7.10. The van der Waals surface area contributed by atoms with E-state index in [1.54, 1.807) is 39.0 Å². The molecule has 2 aliphatic heterocycles. The van der Waals surface area contributed by atoms with Crippen LogP contribution < -0.4 is 4.74 Å². The van der Waals surface area contributed by atoms with E-state index in [1.165, 1.54) is 0 Å². The van der Waals surface area contributed by atoms with E-state index in [-0.39, 0.29) is 19.0 Å². The Bertz CT molecular complexity index is 689. The highest BCUT2D eigenvalue weighted by Gasteiger charge is 2.54. The van der Waals surface area contributed by atoms with Crippen LogP contribution in [0.5, 0.6) is 5.75 Å². The number of esters is 1. The van der Waals surface area contributed by atoms with Crippen LogP contribution in [0.25, 0.3) is 0 Å². The molecule has 0 radical (unpaired) electrons. The summed E-state index contributed by atoms with van der Waals surface area (Å²) in [5.41, 5.74) is -1.19. The van der Waals surface area contributed by atoms with Crippen LogP contribution in [-0.2, 0) is 14.3 Å². The zero-order valence-corrected chi connectivity index (χ0v) is 13.3. The summed E-state index contributed by atoms with van der Waals surface area (Å²) in [5, 5.41) is 20.2. The van der Waals surface area contributed by atoms with Crippen molar-refractivity contribution in [3.8, 4) is 11.8 Å². The number of nitriles is 1. The van der Waals surface area contributed by atoms with Crippen LogP contribution >= 0.6 is 0 Å². The van der Waals surface area contributed by atoms with Crippen molar-refractivity contribution in [2.24, 2.45) is 0 Å². The van der Waals surface area contributed by atoms with E-state index in [1.807, 2.05) is 0 Å². The maximum absolute atomic E-state index is 11.3. The first kappa shape index (κ1) is 15.8. The Hall–Kier alpha value is -2.10. The Labute approximate surface area is 134 Å². The van der Waals surface area contributed by atoms with Gasteiger partial charge in [0.1, 0.15) is 35.8 Å². The standard InChI is InChI=1S/C17H19NO5/c1-16(2)17(3,20)15(22-11-7-14(19)21-9-11)12-6-10(8-18)4-5-13(12)23-16/h4-6,11,15,20H,7,9H2,1-3H3. The van der Waals surface area contributed by atoms with Crippen molar-refractivity contribution in [3.05, 3.63) is 29.3 Å². The number of benzene rings is 1. The van der Waals surface area contributed by atoms with Crippen LogP contribution in [0.15, 0.2) is 18.2 Å². The zero-order chi connectivity index (χ0) is 16.8. The lowest BCUT2D eigenvalue weighted by molar-refractivity contribution is -0.211. The molecule has 3 atom stereocenters. The predicted molar refractivity (Wildman–Crippen MR) is 79.7 cm³/mol. The molecule has 0 bridgehead atoms. The number of ether oxygens (including phenoxy) is 3. The monoisotopic (exact) mass is 317 g/mol. The Balaban J connectivity index is 2.03. The van der Waals surface area contributed by atoms with Crippen LogP contribution in [0.3, 0.4) is 0 Å². The average Bonchev–Trinajstić information content (AvgIpc) is 2.89. The molecule has 1 aromatic rings. The highest BCUT2D eigenvalue weighted by molar-refractivity contribution is 5.71. The number of hydrogen-bond acceptors (Lipinski definition) is 6. The van der Waals surface area contributed by atoms with Crippen LogP contribution in [0.4, 0.5) is 0 Å². The van der Waals surface area contributed by atoms with Crippen molar-refractivity contribution in [2.45, 2.75) is 50.6 Å². The lowest BCUT2D eigenvalue weighted by Crippen LogP contribution is -2.59. The predicted octanol–water partition coefficient (Wildman–Crippen LogP) is 1.85. The molecule has 3 unspecified atom stereocenters. The van der Waals surface area contributed by atoms with Crippen molar-refractivity contribution < 1.29 is 24.1 Å². The molecule has 2 aliphatic rings. The Morgan fingerprint density at radius 3 is 2.74 bits per heavy atom. The second-order valence-electron chi connectivity index (χ2n) is 6.65. The molecule has 122 valence electrons. The van der Waals surface area contributed by atoms with Gasteiger partial charge in [0.05, 0.1) is 18.1 Å². The molecule has 1 aromatic carbocycles. The normalized spacial score (nSPS) is 31.7. The van der Waals surface area contributed by atoms with Gasteiger partial charge in [0.2, 0.25) is 0 Å². The Morgan fingerprint density at radius 1 is 1.39 bits per heavy atom. The fourth-order valence-electron chi connectivity index (χ4n) is 2.89. The molecule has 2 heterocycles. The van der Waals surface area contributed by atoms with Gasteiger partial charge in [0.25, 0.3) is 0 Å². The smallest absolute Gasteiger partial charge is 0.308 e. The van der Waals surface area contributed by atoms with Crippen LogP contribution in [0.2, 0.25) is 0 Å². The SMILES string of the molecule is CC1(C)Oc2ccc(C#N)cc2C(OC2COC(=O)C2)C1(C)O. The molecule has 6 heteroatoms. The molecule has 0 saturated carbocycles. The lowest BCUT2D eigenvalue weighted by atomic mass is 9.76. The van der Waals surface area contributed by atoms with E-state index in [0.717, 1.165) is 0 Å². The first-order valence-electron chi connectivity index (χ1n) is 7.51. The third-order valence-corrected chi connectivity index (χ3v) is 4.67. The second kappa shape index (κ2) is 5.22. The molecule has 6 nitrogen and oxygen atoms in total. The topological polar surface area (TPSA) is 88.8 Å². The number of hydrogen-bond donors (Lipinski definition) is 1. The summed E-state index contributed by atoms with van der Waals surface area (Å²) in [7, 11) is 0. The van der Waals surface area contributed by atoms with E-state index in [4.69, 9.17) is 19.5 Å². The minimum Gasteiger partial charge on any atom is -0.484 e. The lowest BCUT2D eigenvalue weighted by Gasteiger charge is -2.49. The number of carbonyl (C=O) groups is 1. The molecule has 1 fully saturated rings. The number of carbonyl (C=O) groups excluding carboxylic acids is 1. The molecular weight excluding hydrogens is 298 g/mol. The van der Waals surface area contributed by atoms with E-state index >= 15 is 0 Å². The highest BCUT2D eigenvalue weighted by Crippen LogP contribution is 2.49. The highest BCUT2D eigenvalue weighted by atomic mass is 16.6. The molecule has 0 spiro atoms. The van der Waals surface area contributed by atoms with E-state index in [9.17, 15) is 9.90 Å². The van der Waals surface area contributed by atoms with Crippen LogP contribution in [0.1, 0.15) is 44.4 Å². The first-order chi connectivity index (χ1) is 10.7. The van der Waals surface area contributed by atoms with Gasteiger partial charge in [-0.1, -0.05) is 0 Å². The molecule has 0 amide bonds. The minimum absolute atomic E-state index is 0.154. The van der Waals surface area contributed by atoms with Crippen molar-refractivity contribution in [1.29, 1.82) is 5.26 Å². The fraction of sp³-hybridized carbons (Fsp3) is 0.529. The Morgan fingerprint density at radius 2 is 2.13 bits per heavy atom. The molecule has 3 rings (SSSR count). The summed E-state index contributed by atoms with van der Waals surface area (Å²) in [5.74, 6) is 0.253. The zero-order valence-electron chi connectivity index (χ0n) is 13.3. The molecular formula is C17H19NO5. The quantitative estimate of drug-likeness (QED) is 0.837. The van der Waals surface area contributed by atoms with Gasteiger partial charge in [-0.25, -0.2) is 0 Å². The van der Waals surface area contributed by atoms with Crippen molar-refractivity contribution in [2.75, 3.05) is 6.61 Å². The van der Waals surface area contributed by atoms with Gasteiger partial charge in [-0.3, -0.25) is 4.79 Å². The largest absolute Gasteiger partial charge is 0.484 e. The van der Waals surface area contributed by atoms with E-state index in [0.29, 0.717) is 16.9 Å². The van der Waals surface area contributed by atoms with E-state index in [2.05, 4.69) is 6.07 Å². The van der Waals surface area contributed by atoms with E-state index < -0.39 is 23.4 Å². The van der Waals surface area contributed by atoms with Crippen molar-refractivity contribution in [1.82, 2.24) is 0 Å². The summed E-state index contributed by atoms with van der Waals surface area (Å²) in [6.45, 7) is 5.36. The van der Waals surface area contributed by atoms with Gasteiger partial charge < -0.3 is 19.3 Å². The molecule has 0 aliphatic carbocycles. The van der Waals surface area contributed by atoms with Crippen molar-refractivity contribution in [3.63, 3.8) is 0 Å². The number of cyclic esters (lactones) is 1. The number of nitrogens with zero attached hydrogens (tertiary/aromatic N) is 1. The van der Waals surface area contributed by atoms with Crippen LogP contribution in [-0.4, -0.2) is 35.0 Å². The third-order valence-electron chi connectivity index (χ3n) is 4.67.